The normalized spacial score (nSPS) is 11.4. The molecule has 1 amide bonds. The van der Waals surface area contributed by atoms with Crippen molar-refractivity contribution in [2.75, 3.05) is 19.1 Å². The number of carbonyl (C=O) groups is 1. The molecule has 4 aromatic rings. The second kappa shape index (κ2) is 9.07. The molecule has 0 N–H and O–H groups in total. The number of fused-ring (bicyclic) bond motifs is 1. The Morgan fingerprint density at radius 1 is 1.03 bits per heavy atom. The molecule has 6 nitrogen and oxygen atoms in total. The molecule has 0 aliphatic rings. The molecule has 0 saturated carbocycles. The van der Waals surface area contributed by atoms with Gasteiger partial charge in [-0.2, -0.15) is 13.2 Å². The van der Waals surface area contributed by atoms with Gasteiger partial charge in [0.25, 0.3) is 5.91 Å². The third kappa shape index (κ3) is 4.61. The van der Waals surface area contributed by atoms with Gasteiger partial charge in [0.1, 0.15) is 21.7 Å². The molecule has 0 bridgehead atoms. The van der Waals surface area contributed by atoms with Crippen LogP contribution in [0.3, 0.4) is 0 Å². The summed E-state index contributed by atoms with van der Waals surface area (Å²) >= 11 is 1.18. The van der Waals surface area contributed by atoms with Crippen molar-refractivity contribution >= 4 is 32.6 Å². The summed E-state index contributed by atoms with van der Waals surface area (Å²) in [5.41, 5.74) is 0.0217. The molecule has 0 atom stereocenters. The van der Waals surface area contributed by atoms with Gasteiger partial charge >= 0.3 is 6.18 Å². The van der Waals surface area contributed by atoms with Crippen LogP contribution in [-0.4, -0.2) is 30.1 Å². The number of methoxy groups -OCH3 is 2. The third-order valence-corrected chi connectivity index (χ3v) is 5.95. The minimum absolute atomic E-state index is 0.0143. The summed E-state index contributed by atoms with van der Waals surface area (Å²) in [5.74, 6) is 0.389. The Morgan fingerprint density at radius 3 is 2.45 bits per heavy atom. The SMILES string of the molecule is COc1ccc(OC)c2sc(N(Cc3ccccn3)C(=O)c3cccc(C(F)(F)F)c3)nc12. The first-order valence-corrected chi connectivity index (χ1v) is 10.5. The van der Waals surface area contributed by atoms with Crippen LogP contribution in [0.15, 0.2) is 60.8 Å². The molecule has 33 heavy (non-hydrogen) atoms. The van der Waals surface area contributed by atoms with Gasteiger partial charge in [-0.3, -0.25) is 14.7 Å². The summed E-state index contributed by atoms with van der Waals surface area (Å²) in [6, 6.07) is 13.0. The van der Waals surface area contributed by atoms with E-state index in [9.17, 15) is 18.0 Å². The summed E-state index contributed by atoms with van der Waals surface area (Å²) in [4.78, 5) is 23.6. The van der Waals surface area contributed by atoms with Gasteiger partial charge in [-0.25, -0.2) is 4.98 Å². The van der Waals surface area contributed by atoms with Crippen molar-refractivity contribution in [3.05, 3.63) is 77.6 Å². The van der Waals surface area contributed by atoms with Crippen LogP contribution in [0.25, 0.3) is 10.2 Å². The van der Waals surface area contributed by atoms with E-state index in [1.807, 2.05) is 0 Å². The molecule has 0 aliphatic heterocycles. The van der Waals surface area contributed by atoms with Crippen LogP contribution >= 0.6 is 11.3 Å². The van der Waals surface area contributed by atoms with Crippen molar-refractivity contribution in [1.82, 2.24) is 9.97 Å². The van der Waals surface area contributed by atoms with Crippen LogP contribution in [0.2, 0.25) is 0 Å². The fourth-order valence-corrected chi connectivity index (χ4v) is 4.33. The van der Waals surface area contributed by atoms with E-state index in [2.05, 4.69) is 9.97 Å². The second-order valence-electron chi connectivity index (χ2n) is 6.94. The van der Waals surface area contributed by atoms with Crippen molar-refractivity contribution < 1.29 is 27.4 Å². The molecule has 0 saturated heterocycles. The van der Waals surface area contributed by atoms with Gasteiger partial charge in [-0.1, -0.05) is 23.5 Å². The van der Waals surface area contributed by atoms with Gasteiger partial charge in [-0.05, 0) is 42.5 Å². The van der Waals surface area contributed by atoms with Crippen molar-refractivity contribution in [3.8, 4) is 11.5 Å². The lowest BCUT2D eigenvalue weighted by Crippen LogP contribution is -2.31. The largest absolute Gasteiger partial charge is 0.495 e. The highest BCUT2D eigenvalue weighted by molar-refractivity contribution is 7.22. The second-order valence-corrected chi connectivity index (χ2v) is 7.91. The zero-order chi connectivity index (χ0) is 23.6. The van der Waals surface area contributed by atoms with Gasteiger partial charge in [0.2, 0.25) is 0 Å². The van der Waals surface area contributed by atoms with E-state index >= 15 is 0 Å². The highest BCUT2D eigenvalue weighted by atomic mass is 32.1. The molecule has 4 rings (SSSR count). The third-order valence-electron chi connectivity index (χ3n) is 4.86. The quantitative estimate of drug-likeness (QED) is 0.366. The number of benzene rings is 2. The molecule has 10 heteroatoms. The number of hydrogen-bond donors (Lipinski definition) is 0. The molecule has 2 aromatic heterocycles. The van der Waals surface area contributed by atoms with Crippen molar-refractivity contribution in [3.63, 3.8) is 0 Å². The number of carbonyl (C=O) groups excluding carboxylic acids is 1. The number of amides is 1. The lowest BCUT2D eigenvalue weighted by Gasteiger charge is -2.20. The number of nitrogens with zero attached hydrogens (tertiary/aromatic N) is 3. The summed E-state index contributed by atoms with van der Waals surface area (Å²) in [7, 11) is 3.01. The van der Waals surface area contributed by atoms with Gasteiger partial charge in [0.05, 0.1) is 32.0 Å². The monoisotopic (exact) mass is 473 g/mol. The summed E-state index contributed by atoms with van der Waals surface area (Å²) in [6.45, 7) is 0.0143. The average molecular weight is 473 g/mol. The summed E-state index contributed by atoms with van der Waals surface area (Å²) in [6.07, 6.45) is -2.99. The first-order chi connectivity index (χ1) is 15.8. The fourth-order valence-electron chi connectivity index (χ4n) is 3.25. The summed E-state index contributed by atoms with van der Waals surface area (Å²) < 4.78 is 51.1. The number of pyridine rings is 1. The Hall–Kier alpha value is -3.66. The van der Waals surface area contributed by atoms with Gasteiger partial charge in [0, 0.05) is 11.8 Å². The van der Waals surface area contributed by atoms with Crippen molar-refractivity contribution in [2.24, 2.45) is 0 Å². The first-order valence-electron chi connectivity index (χ1n) is 9.72. The molecule has 2 heterocycles. The van der Waals surface area contributed by atoms with Crippen molar-refractivity contribution in [2.45, 2.75) is 12.7 Å². The minimum Gasteiger partial charge on any atom is -0.495 e. The van der Waals surface area contributed by atoms with Crippen LogP contribution in [0.5, 0.6) is 11.5 Å². The number of thiazole rings is 1. The molecule has 170 valence electrons. The Balaban J connectivity index is 1.83. The highest BCUT2D eigenvalue weighted by Crippen LogP contribution is 2.41. The predicted octanol–water partition coefficient (Wildman–Crippen LogP) is 5.57. The van der Waals surface area contributed by atoms with E-state index in [1.54, 1.807) is 36.5 Å². The molecule has 0 aliphatic carbocycles. The Labute approximate surface area is 191 Å². The Kier molecular flexibility index (Phi) is 6.19. The predicted molar refractivity (Wildman–Crippen MR) is 119 cm³/mol. The lowest BCUT2D eigenvalue weighted by atomic mass is 10.1. The maximum Gasteiger partial charge on any atom is 0.416 e. The number of alkyl halides is 3. The Morgan fingerprint density at radius 2 is 1.79 bits per heavy atom. The van der Waals surface area contributed by atoms with Gasteiger partial charge in [-0.15, -0.1) is 0 Å². The lowest BCUT2D eigenvalue weighted by molar-refractivity contribution is -0.137. The first kappa shape index (κ1) is 22.5. The molecule has 2 aromatic carbocycles. The van der Waals surface area contributed by atoms with E-state index < -0.39 is 17.6 Å². The van der Waals surface area contributed by atoms with Crippen LogP contribution in [-0.2, 0) is 12.7 Å². The topological polar surface area (TPSA) is 64.6 Å². The Bertz CT molecular complexity index is 1250. The van der Waals surface area contributed by atoms with Gasteiger partial charge in [0.15, 0.2) is 5.13 Å². The van der Waals surface area contributed by atoms with Crippen LogP contribution in [0.1, 0.15) is 21.6 Å². The van der Waals surface area contributed by atoms with E-state index in [4.69, 9.17) is 9.47 Å². The van der Waals surface area contributed by atoms with Crippen LogP contribution in [0.4, 0.5) is 18.3 Å². The molecule has 0 radical (unpaired) electrons. The van der Waals surface area contributed by atoms with E-state index in [0.717, 1.165) is 12.1 Å². The van der Waals surface area contributed by atoms with Crippen LogP contribution in [0, 0.1) is 0 Å². The zero-order valence-corrected chi connectivity index (χ0v) is 18.4. The highest BCUT2D eigenvalue weighted by Gasteiger charge is 2.32. The van der Waals surface area contributed by atoms with E-state index in [-0.39, 0.29) is 17.2 Å². The maximum atomic E-state index is 13.4. The smallest absolute Gasteiger partial charge is 0.416 e. The minimum atomic E-state index is -4.57. The summed E-state index contributed by atoms with van der Waals surface area (Å²) in [5, 5.41) is 0.279. The van der Waals surface area contributed by atoms with Crippen LogP contribution < -0.4 is 14.4 Å². The molecule has 0 fully saturated rings. The number of ether oxygens (including phenoxy) is 2. The van der Waals surface area contributed by atoms with Gasteiger partial charge < -0.3 is 9.47 Å². The standard InChI is InChI=1S/C23H18F3N3O3S/c1-31-17-9-10-18(32-2)20-19(17)28-22(33-20)29(13-16-8-3-4-11-27-16)21(30)14-6-5-7-15(12-14)23(24,25)26/h3-12H,13H2,1-2H3. The molecular formula is C23H18F3N3O3S. The zero-order valence-electron chi connectivity index (χ0n) is 17.6. The molecule has 0 unspecified atom stereocenters. The average Bonchev–Trinajstić information content (AvgIpc) is 3.27. The maximum absolute atomic E-state index is 13.4. The molecule has 0 spiro atoms. The number of hydrogen-bond acceptors (Lipinski definition) is 6. The number of aromatic nitrogens is 2. The number of anilines is 1. The van der Waals surface area contributed by atoms with E-state index in [0.29, 0.717) is 27.4 Å². The van der Waals surface area contributed by atoms with E-state index in [1.165, 1.54) is 42.6 Å². The van der Waals surface area contributed by atoms with Crippen molar-refractivity contribution in [1.29, 1.82) is 0 Å². The number of halogens is 3. The molecular weight excluding hydrogens is 455 g/mol. The number of rotatable bonds is 6. The fraction of sp³-hybridized carbons (Fsp3) is 0.174.